The summed E-state index contributed by atoms with van der Waals surface area (Å²) in [4.78, 5) is 0. The summed E-state index contributed by atoms with van der Waals surface area (Å²) in [5, 5.41) is 0. The second-order valence-corrected chi connectivity index (χ2v) is 8.00. The van der Waals surface area contributed by atoms with E-state index in [1.165, 1.54) is 0 Å². The van der Waals surface area contributed by atoms with Crippen LogP contribution < -0.4 is 0 Å². The summed E-state index contributed by atoms with van der Waals surface area (Å²) >= 11 is 4.05. The van der Waals surface area contributed by atoms with Gasteiger partial charge < -0.3 is 0 Å². The highest BCUT2D eigenvalue weighted by Gasteiger charge is 2.02. The SMILES string of the molecule is CS(C)(Cl)CCS. The van der Waals surface area contributed by atoms with Crippen LogP contribution in [0.15, 0.2) is 0 Å². The van der Waals surface area contributed by atoms with Gasteiger partial charge in [-0.3, -0.25) is 0 Å². The highest BCUT2D eigenvalue weighted by atomic mass is 35.7. The van der Waals surface area contributed by atoms with Gasteiger partial charge in [0.25, 0.3) is 0 Å². The first-order valence-corrected chi connectivity index (χ1v) is 6.15. The van der Waals surface area contributed by atoms with Gasteiger partial charge in [-0.25, -0.2) is 0 Å². The Kier molecular flexibility index (Phi) is 3.54. The van der Waals surface area contributed by atoms with Crippen LogP contribution in [-0.2, 0) is 0 Å². The summed E-state index contributed by atoms with van der Waals surface area (Å²) in [6.45, 7) is 0. The van der Waals surface area contributed by atoms with Crippen LogP contribution in [0.2, 0.25) is 0 Å². The van der Waals surface area contributed by atoms with Crippen molar-refractivity contribution in [2.24, 2.45) is 0 Å². The molecule has 0 bridgehead atoms. The van der Waals surface area contributed by atoms with E-state index in [-0.39, 0.29) is 0 Å². The smallest absolute Gasteiger partial charge is 0.00110 e. The predicted octanol–water partition coefficient (Wildman–Crippen LogP) is 2.13. The van der Waals surface area contributed by atoms with Crippen molar-refractivity contribution in [1.29, 1.82) is 0 Å². The molecule has 0 aliphatic heterocycles. The van der Waals surface area contributed by atoms with Gasteiger partial charge >= 0.3 is 0 Å². The molecule has 7 heavy (non-hydrogen) atoms. The summed E-state index contributed by atoms with van der Waals surface area (Å²) in [5.74, 6) is 1.96. The Morgan fingerprint density at radius 1 is 1.57 bits per heavy atom. The molecular formula is C4H11ClS2. The Hall–Kier alpha value is 0.990. The van der Waals surface area contributed by atoms with E-state index in [1.54, 1.807) is 0 Å². The zero-order chi connectivity index (χ0) is 5.91. The van der Waals surface area contributed by atoms with E-state index in [1.807, 2.05) is 0 Å². The Morgan fingerprint density at radius 2 is 2.00 bits per heavy atom. The predicted molar refractivity (Wildman–Crippen MR) is 44.0 cm³/mol. The minimum absolute atomic E-state index is 0.778. The van der Waals surface area contributed by atoms with E-state index in [0.29, 0.717) is 0 Å². The number of hydrogen-bond acceptors (Lipinski definition) is 1. The summed E-state index contributed by atoms with van der Waals surface area (Å²) in [5.41, 5.74) is 0. The molecule has 0 saturated carbocycles. The van der Waals surface area contributed by atoms with E-state index in [9.17, 15) is 0 Å². The van der Waals surface area contributed by atoms with E-state index in [2.05, 4.69) is 25.1 Å². The van der Waals surface area contributed by atoms with E-state index in [0.717, 1.165) is 11.5 Å². The highest BCUT2D eigenvalue weighted by molar-refractivity contribution is 8.50. The van der Waals surface area contributed by atoms with Gasteiger partial charge in [0.05, 0.1) is 0 Å². The molecule has 0 heterocycles. The quantitative estimate of drug-likeness (QED) is 0.585. The van der Waals surface area contributed by atoms with Gasteiger partial charge in [0.15, 0.2) is 0 Å². The third kappa shape index (κ3) is 6.99. The first kappa shape index (κ1) is 7.99. The van der Waals surface area contributed by atoms with Crippen LogP contribution in [0, 0.1) is 0 Å². The lowest BCUT2D eigenvalue weighted by Gasteiger charge is -2.19. The number of halogens is 1. The molecule has 0 saturated heterocycles. The molecule has 0 aromatic heterocycles. The average Bonchev–Trinajstić information content (AvgIpc) is 1.30. The molecule has 0 N–H and O–H groups in total. The van der Waals surface area contributed by atoms with Crippen molar-refractivity contribution in [3.63, 3.8) is 0 Å². The van der Waals surface area contributed by atoms with Crippen molar-refractivity contribution in [2.75, 3.05) is 24.0 Å². The Balaban J connectivity index is 3.15. The molecule has 0 aliphatic rings. The van der Waals surface area contributed by atoms with Gasteiger partial charge in [-0.2, -0.15) is 21.9 Å². The van der Waals surface area contributed by atoms with Crippen LogP contribution in [0.3, 0.4) is 0 Å². The molecule has 0 aliphatic carbocycles. The molecule has 0 fully saturated rings. The van der Waals surface area contributed by atoms with Gasteiger partial charge in [0.2, 0.25) is 0 Å². The monoisotopic (exact) mass is 158 g/mol. The molecular weight excluding hydrogens is 148 g/mol. The minimum Gasteiger partial charge on any atom is -0.179 e. The average molecular weight is 159 g/mol. The second kappa shape index (κ2) is 3.10. The van der Waals surface area contributed by atoms with Crippen molar-refractivity contribution in [3.8, 4) is 0 Å². The molecule has 0 aromatic rings. The van der Waals surface area contributed by atoms with E-state index in [4.69, 9.17) is 10.7 Å². The normalized spacial score (nSPS) is 14.3. The first-order chi connectivity index (χ1) is 3.06. The maximum atomic E-state index is 5.87. The van der Waals surface area contributed by atoms with Crippen LogP contribution in [0.1, 0.15) is 0 Å². The fraction of sp³-hybridized carbons (Fsp3) is 1.00. The lowest BCUT2D eigenvalue weighted by Crippen LogP contribution is -1.92. The zero-order valence-electron chi connectivity index (χ0n) is 4.65. The molecule has 3 heteroatoms. The second-order valence-electron chi connectivity index (χ2n) is 1.83. The number of rotatable bonds is 2. The van der Waals surface area contributed by atoms with Gasteiger partial charge in [-0.05, 0) is 24.0 Å². The van der Waals surface area contributed by atoms with Crippen molar-refractivity contribution in [1.82, 2.24) is 0 Å². The summed E-state index contributed by atoms with van der Waals surface area (Å²) in [6.07, 6.45) is 4.15. The molecule has 0 unspecified atom stereocenters. The lowest BCUT2D eigenvalue weighted by atomic mass is 11.0. The third-order valence-electron chi connectivity index (χ3n) is 0.577. The fourth-order valence-electron chi connectivity index (χ4n) is 0.217. The number of hydrogen-bond donors (Lipinski definition) is 1. The summed E-state index contributed by atoms with van der Waals surface area (Å²) in [7, 11) is 5.09. The molecule has 0 aromatic carbocycles. The minimum atomic E-state index is -0.778. The Morgan fingerprint density at radius 3 is 2.00 bits per heavy atom. The molecule has 0 atom stereocenters. The van der Waals surface area contributed by atoms with Crippen molar-refractivity contribution < 1.29 is 0 Å². The first-order valence-electron chi connectivity index (χ1n) is 2.08. The van der Waals surface area contributed by atoms with Gasteiger partial charge in [-0.1, -0.05) is 10.7 Å². The Bertz CT molecular complexity index is 48.1. The van der Waals surface area contributed by atoms with Crippen LogP contribution in [0.25, 0.3) is 0 Å². The van der Waals surface area contributed by atoms with Crippen LogP contribution >= 0.6 is 32.6 Å². The third-order valence-corrected chi connectivity index (χ3v) is 2.74. The van der Waals surface area contributed by atoms with Crippen molar-refractivity contribution >= 4 is 32.6 Å². The van der Waals surface area contributed by atoms with E-state index < -0.39 is 9.24 Å². The number of thiol groups is 1. The molecule has 0 nitrogen and oxygen atoms in total. The lowest BCUT2D eigenvalue weighted by molar-refractivity contribution is 1.55. The Labute approximate surface area is 56.9 Å². The van der Waals surface area contributed by atoms with E-state index >= 15 is 0 Å². The zero-order valence-corrected chi connectivity index (χ0v) is 7.11. The molecule has 0 rings (SSSR count). The van der Waals surface area contributed by atoms with Crippen molar-refractivity contribution in [3.05, 3.63) is 0 Å². The molecule has 0 spiro atoms. The molecule has 0 amide bonds. The van der Waals surface area contributed by atoms with Crippen LogP contribution in [0.4, 0.5) is 0 Å². The summed E-state index contributed by atoms with van der Waals surface area (Å²) in [6, 6.07) is 0. The largest absolute Gasteiger partial charge is 0.179 e. The van der Waals surface area contributed by atoms with Crippen LogP contribution in [-0.4, -0.2) is 24.0 Å². The van der Waals surface area contributed by atoms with Gasteiger partial charge in [-0.15, -0.1) is 0 Å². The highest BCUT2D eigenvalue weighted by Crippen LogP contribution is 2.44. The topological polar surface area (TPSA) is 0 Å². The standard InChI is InChI=1S/C4H11ClS2/c1-7(2,5)4-3-6/h6H,3-4H2,1-2H3. The van der Waals surface area contributed by atoms with Crippen LogP contribution in [0.5, 0.6) is 0 Å². The maximum Gasteiger partial charge on any atom is -0.00110 e. The van der Waals surface area contributed by atoms with Gasteiger partial charge in [0.1, 0.15) is 0 Å². The van der Waals surface area contributed by atoms with Crippen molar-refractivity contribution in [2.45, 2.75) is 0 Å². The maximum absolute atomic E-state index is 5.87. The molecule has 0 radical (unpaired) electrons. The summed E-state index contributed by atoms with van der Waals surface area (Å²) < 4.78 is 0. The molecule has 46 valence electrons. The fourth-order valence-corrected chi connectivity index (χ4v) is 2.57. The van der Waals surface area contributed by atoms with Gasteiger partial charge in [0, 0.05) is 0 Å².